The minimum absolute atomic E-state index is 1.16. The van der Waals surface area contributed by atoms with Gasteiger partial charge in [0.05, 0.1) is 33.1 Å². The number of nitrogens with zero attached hydrogens (tertiary/aromatic N) is 3. The first-order chi connectivity index (χ1) is 25.8. The monoisotopic (exact) mass is 679 g/mol. The molecule has 8 aromatic carbocycles. The summed E-state index contributed by atoms with van der Waals surface area (Å²) in [6.45, 7) is 0. The van der Waals surface area contributed by atoms with Gasteiger partial charge in [0.25, 0.3) is 0 Å². The van der Waals surface area contributed by atoms with Crippen LogP contribution in [0.5, 0.6) is 0 Å². The summed E-state index contributed by atoms with van der Waals surface area (Å²) in [5.41, 5.74) is 10.8. The van der Waals surface area contributed by atoms with Crippen molar-refractivity contribution >= 4 is 96.9 Å². The van der Waals surface area contributed by atoms with E-state index in [9.17, 15) is 0 Å². The Kier molecular flexibility index (Phi) is 5.65. The number of hydrogen-bond donors (Lipinski definition) is 0. The Balaban J connectivity index is 1.13. The van der Waals surface area contributed by atoms with Crippen LogP contribution in [0.25, 0.3) is 103 Å². The second kappa shape index (κ2) is 10.5. The fraction of sp³-hybridized carbons (Fsp3) is 0. The van der Waals surface area contributed by atoms with E-state index in [2.05, 4.69) is 190 Å². The van der Waals surface area contributed by atoms with Crippen molar-refractivity contribution in [2.24, 2.45) is 0 Å². The molecule has 4 aromatic heterocycles. The molecule has 12 rings (SSSR count). The second-order valence-electron chi connectivity index (χ2n) is 13.8. The van der Waals surface area contributed by atoms with Crippen molar-refractivity contribution in [1.82, 2.24) is 13.7 Å². The molecule has 3 nitrogen and oxygen atoms in total. The fourth-order valence-electron chi connectivity index (χ4n) is 8.80. The van der Waals surface area contributed by atoms with E-state index in [0.717, 1.165) is 5.69 Å². The molecule has 52 heavy (non-hydrogen) atoms. The van der Waals surface area contributed by atoms with Gasteiger partial charge in [0.2, 0.25) is 0 Å². The maximum absolute atomic E-state index is 2.47. The molecule has 4 heteroatoms. The largest absolute Gasteiger partial charge is 0.309 e. The third kappa shape index (κ3) is 3.79. The molecule has 0 radical (unpaired) electrons. The number of hydrogen-bond acceptors (Lipinski definition) is 1. The predicted octanol–water partition coefficient (Wildman–Crippen LogP) is 13.3. The van der Waals surface area contributed by atoms with Crippen LogP contribution in [0, 0.1) is 0 Å². The minimum atomic E-state index is 1.16. The fourth-order valence-corrected chi connectivity index (χ4v) is 9.93. The highest BCUT2D eigenvalue weighted by molar-refractivity contribution is 7.25. The van der Waals surface area contributed by atoms with Gasteiger partial charge in [-0.1, -0.05) is 97.1 Å². The van der Waals surface area contributed by atoms with Gasteiger partial charge in [-0.15, -0.1) is 11.3 Å². The SMILES string of the molecule is c1ccc(-n2c3ccccc3c3cc4c(cc32)c2ccccc2n4-c2ccc3c(c2)c2ccccc2n3-c2ccc3c(c2)sc2ccccc23)cc1. The van der Waals surface area contributed by atoms with Crippen LogP contribution in [0.15, 0.2) is 176 Å². The molecule has 0 aliphatic heterocycles. The van der Waals surface area contributed by atoms with Crippen molar-refractivity contribution in [2.45, 2.75) is 0 Å². The summed E-state index contributed by atoms with van der Waals surface area (Å²) in [6, 6.07) is 64.7. The zero-order chi connectivity index (χ0) is 33.9. The van der Waals surface area contributed by atoms with Crippen molar-refractivity contribution in [1.29, 1.82) is 0 Å². The summed E-state index contributed by atoms with van der Waals surface area (Å²) in [6.07, 6.45) is 0. The highest BCUT2D eigenvalue weighted by Gasteiger charge is 2.20. The van der Waals surface area contributed by atoms with Crippen LogP contribution in [0.3, 0.4) is 0 Å². The van der Waals surface area contributed by atoms with Gasteiger partial charge in [0, 0.05) is 69.6 Å². The zero-order valence-electron chi connectivity index (χ0n) is 28.0. The normalized spacial score (nSPS) is 12.2. The van der Waals surface area contributed by atoms with Crippen molar-refractivity contribution in [3.05, 3.63) is 176 Å². The van der Waals surface area contributed by atoms with Gasteiger partial charge in [0.1, 0.15) is 0 Å². The molecule has 0 aliphatic carbocycles. The standard InChI is InChI=1S/C48H29N3S/c1-2-12-30(13-3-1)49-41-18-8-5-15-34(41)39-29-46-40(28-45(39)49)35-16-6-10-20-43(35)51(46)31-23-25-44-38(26-31)33-14-4-9-19-42(33)50(44)32-22-24-37-36-17-7-11-21-47(36)52-48(37)27-32/h1-29H. The van der Waals surface area contributed by atoms with E-state index in [1.165, 1.54) is 97.0 Å². The van der Waals surface area contributed by atoms with Crippen LogP contribution < -0.4 is 0 Å². The van der Waals surface area contributed by atoms with Gasteiger partial charge in [0.15, 0.2) is 0 Å². The zero-order valence-corrected chi connectivity index (χ0v) is 28.8. The molecular weight excluding hydrogens is 651 g/mol. The topological polar surface area (TPSA) is 14.8 Å². The van der Waals surface area contributed by atoms with E-state index in [0.29, 0.717) is 0 Å². The minimum Gasteiger partial charge on any atom is -0.309 e. The average molecular weight is 680 g/mol. The molecule has 0 N–H and O–H groups in total. The number of fused-ring (bicyclic) bond motifs is 12. The van der Waals surface area contributed by atoms with Crippen LogP contribution in [0.2, 0.25) is 0 Å². The Morgan fingerprint density at radius 3 is 1.35 bits per heavy atom. The number of para-hydroxylation sites is 4. The lowest BCUT2D eigenvalue weighted by atomic mass is 10.1. The van der Waals surface area contributed by atoms with Gasteiger partial charge in [-0.05, 0) is 78.9 Å². The summed E-state index contributed by atoms with van der Waals surface area (Å²) >= 11 is 1.87. The smallest absolute Gasteiger partial charge is 0.0548 e. The van der Waals surface area contributed by atoms with Crippen LogP contribution in [0.1, 0.15) is 0 Å². The molecule has 4 heterocycles. The van der Waals surface area contributed by atoms with Crippen LogP contribution in [0.4, 0.5) is 0 Å². The van der Waals surface area contributed by atoms with Gasteiger partial charge in [-0.3, -0.25) is 0 Å². The first-order valence-corrected chi connectivity index (χ1v) is 18.6. The molecule has 0 saturated carbocycles. The van der Waals surface area contributed by atoms with Crippen molar-refractivity contribution in [2.75, 3.05) is 0 Å². The number of rotatable bonds is 3. The third-order valence-corrected chi connectivity index (χ3v) is 12.1. The molecule has 0 spiro atoms. The van der Waals surface area contributed by atoms with E-state index in [4.69, 9.17) is 0 Å². The van der Waals surface area contributed by atoms with E-state index < -0.39 is 0 Å². The Morgan fingerprint density at radius 2 is 0.692 bits per heavy atom. The first-order valence-electron chi connectivity index (χ1n) is 17.8. The lowest BCUT2D eigenvalue weighted by Gasteiger charge is -2.11. The molecule has 0 bridgehead atoms. The van der Waals surface area contributed by atoms with E-state index >= 15 is 0 Å². The molecule has 0 aliphatic rings. The summed E-state index contributed by atoms with van der Waals surface area (Å²) in [5, 5.41) is 10.2. The van der Waals surface area contributed by atoms with E-state index in [1.54, 1.807) is 0 Å². The maximum atomic E-state index is 2.47. The number of thiophene rings is 1. The van der Waals surface area contributed by atoms with Crippen molar-refractivity contribution in [3.8, 4) is 17.1 Å². The van der Waals surface area contributed by atoms with Gasteiger partial charge in [-0.25, -0.2) is 0 Å². The molecule has 242 valence electrons. The quantitative estimate of drug-likeness (QED) is 0.177. The Morgan fingerprint density at radius 1 is 0.250 bits per heavy atom. The van der Waals surface area contributed by atoms with Crippen LogP contribution in [-0.2, 0) is 0 Å². The predicted molar refractivity (Wildman–Crippen MR) is 222 cm³/mol. The molecule has 0 amide bonds. The summed E-state index contributed by atoms with van der Waals surface area (Å²) < 4.78 is 9.95. The molecule has 0 atom stereocenters. The lowest BCUT2D eigenvalue weighted by Crippen LogP contribution is -1.96. The highest BCUT2D eigenvalue weighted by atomic mass is 32.1. The average Bonchev–Trinajstić information content (AvgIpc) is 3.93. The van der Waals surface area contributed by atoms with Gasteiger partial charge in [-0.2, -0.15) is 0 Å². The maximum Gasteiger partial charge on any atom is 0.0548 e. The second-order valence-corrected chi connectivity index (χ2v) is 14.8. The van der Waals surface area contributed by atoms with E-state index in [-0.39, 0.29) is 0 Å². The number of aromatic nitrogens is 3. The van der Waals surface area contributed by atoms with Crippen LogP contribution in [-0.4, -0.2) is 13.7 Å². The summed E-state index contributed by atoms with van der Waals surface area (Å²) in [5.74, 6) is 0. The molecular formula is C48H29N3S. The van der Waals surface area contributed by atoms with Crippen molar-refractivity contribution in [3.63, 3.8) is 0 Å². The lowest BCUT2D eigenvalue weighted by molar-refractivity contribution is 1.17. The molecule has 0 saturated heterocycles. The summed E-state index contributed by atoms with van der Waals surface area (Å²) in [4.78, 5) is 0. The highest BCUT2D eigenvalue weighted by Crippen LogP contribution is 2.42. The Hall–Kier alpha value is -6.62. The molecule has 0 fully saturated rings. The molecule has 0 unspecified atom stereocenters. The van der Waals surface area contributed by atoms with Gasteiger partial charge >= 0.3 is 0 Å². The Labute approximate surface area is 302 Å². The third-order valence-electron chi connectivity index (χ3n) is 11.0. The van der Waals surface area contributed by atoms with Crippen molar-refractivity contribution < 1.29 is 0 Å². The Bertz CT molecular complexity index is 3410. The van der Waals surface area contributed by atoms with Crippen LogP contribution >= 0.6 is 11.3 Å². The molecule has 12 aromatic rings. The first kappa shape index (κ1) is 28.1. The summed E-state index contributed by atoms with van der Waals surface area (Å²) in [7, 11) is 0. The van der Waals surface area contributed by atoms with Gasteiger partial charge < -0.3 is 13.7 Å². The van der Waals surface area contributed by atoms with E-state index in [1.807, 2.05) is 11.3 Å². The number of benzene rings is 8.